The number of hydrogen-bond donors (Lipinski definition) is 1. The molecule has 2 rings (SSSR count). The SMILES string of the molecule is Cc1cccc(N(CCCC(=O)Nc2cccc(Br)c2)S(C)(=O)=O)c1C. The quantitative estimate of drug-likeness (QED) is 0.702. The Labute approximate surface area is 163 Å². The third-order valence-corrected chi connectivity index (χ3v) is 5.79. The molecule has 5 nitrogen and oxygen atoms in total. The van der Waals surface area contributed by atoms with Gasteiger partial charge in [0.2, 0.25) is 15.9 Å². The van der Waals surface area contributed by atoms with Gasteiger partial charge in [-0.15, -0.1) is 0 Å². The van der Waals surface area contributed by atoms with E-state index in [0.29, 0.717) is 17.8 Å². The molecule has 26 heavy (non-hydrogen) atoms. The van der Waals surface area contributed by atoms with E-state index in [2.05, 4.69) is 21.2 Å². The Balaban J connectivity index is 2.02. The fourth-order valence-electron chi connectivity index (χ4n) is 2.64. The maximum absolute atomic E-state index is 12.2. The molecule has 0 aromatic heterocycles. The Bertz CT molecular complexity index is 897. The number of carbonyl (C=O) groups excluding carboxylic acids is 1. The summed E-state index contributed by atoms with van der Waals surface area (Å²) in [6.45, 7) is 4.11. The average molecular weight is 439 g/mol. The molecular formula is C19H23BrN2O3S. The van der Waals surface area contributed by atoms with Crippen LogP contribution in [0.2, 0.25) is 0 Å². The molecule has 0 fully saturated rings. The van der Waals surface area contributed by atoms with Gasteiger partial charge < -0.3 is 5.32 Å². The molecule has 0 saturated heterocycles. The first kappa shape index (κ1) is 20.5. The van der Waals surface area contributed by atoms with E-state index in [1.807, 2.05) is 50.2 Å². The number of carbonyl (C=O) groups is 1. The van der Waals surface area contributed by atoms with Crippen LogP contribution in [0.4, 0.5) is 11.4 Å². The van der Waals surface area contributed by atoms with Gasteiger partial charge in [-0.1, -0.05) is 34.1 Å². The second-order valence-corrected chi connectivity index (χ2v) is 9.04. The van der Waals surface area contributed by atoms with E-state index < -0.39 is 10.0 Å². The Morgan fingerprint density at radius 3 is 2.50 bits per heavy atom. The van der Waals surface area contributed by atoms with Crippen molar-refractivity contribution >= 4 is 43.2 Å². The van der Waals surface area contributed by atoms with Crippen LogP contribution in [-0.2, 0) is 14.8 Å². The molecule has 0 saturated carbocycles. The zero-order valence-corrected chi connectivity index (χ0v) is 17.5. The predicted molar refractivity (Wildman–Crippen MR) is 110 cm³/mol. The molecule has 2 aromatic carbocycles. The highest BCUT2D eigenvalue weighted by Gasteiger charge is 2.19. The number of rotatable bonds is 7. The average Bonchev–Trinajstić information content (AvgIpc) is 2.53. The van der Waals surface area contributed by atoms with Crippen molar-refractivity contribution in [3.63, 3.8) is 0 Å². The minimum Gasteiger partial charge on any atom is -0.326 e. The highest BCUT2D eigenvalue weighted by atomic mass is 79.9. The summed E-state index contributed by atoms with van der Waals surface area (Å²) in [6, 6.07) is 12.9. The van der Waals surface area contributed by atoms with E-state index in [1.54, 1.807) is 6.07 Å². The number of amides is 1. The highest BCUT2D eigenvalue weighted by Crippen LogP contribution is 2.25. The van der Waals surface area contributed by atoms with Crippen molar-refractivity contribution in [2.24, 2.45) is 0 Å². The Morgan fingerprint density at radius 1 is 1.15 bits per heavy atom. The van der Waals surface area contributed by atoms with E-state index in [0.717, 1.165) is 15.6 Å². The number of sulfonamides is 1. The minimum atomic E-state index is -3.42. The van der Waals surface area contributed by atoms with Gasteiger partial charge in [0.25, 0.3) is 0 Å². The maximum Gasteiger partial charge on any atom is 0.232 e. The van der Waals surface area contributed by atoms with Crippen LogP contribution in [0.1, 0.15) is 24.0 Å². The van der Waals surface area contributed by atoms with Crippen molar-refractivity contribution < 1.29 is 13.2 Å². The monoisotopic (exact) mass is 438 g/mol. The van der Waals surface area contributed by atoms with Gasteiger partial charge in [0.1, 0.15) is 0 Å². The third kappa shape index (κ3) is 5.57. The summed E-state index contributed by atoms with van der Waals surface area (Å²) in [5.41, 5.74) is 3.33. The number of hydrogen-bond acceptors (Lipinski definition) is 3. The lowest BCUT2D eigenvalue weighted by atomic mass is 10.1. The van der Waals surface area contributed by atoms with Crippen molar-refractivity contribution in [1.82, 2.24) is 0 Å². The first-order valence-electron chi connectivity index (χ1n) is 8.28. The van der Waals surface area contributed by atoms with Crippen LogP contribution < -0.4 is 9.62 Å². The molecule has 140 valence electrons. The third-order valence-electron chi connectivity index (χ3n) is 4.12. The summed E-state index contributed by atoms with van der Waals surface area (Å²) in [5, 5.41) is 2.82. The number of aryl methyl sites for hydroxylation is 1. The van der Waals surface area contributed by atoms with Crippen LogP contribution in [0, 0.1) is 13.8 Å². The van der Waals surface area contributed by atoms with Crippen molar-refractivity contribution in [3.8, 4) is 0 Å². The van der Waals surface area contributed by atoms with Crippen molar-refractivity contribution in [2.75, 3.05) is 22.4 Å². The fourth-order valence-corrected chi connectivity index (χ4v) is 4.06. The first-order valence-corrected chi connectivity index (χ1v) is 10.9. The lowest BCUT2D eigenvalue weighted by Crippen LogP contribution is -2.32. The summed E-state index contributed by atoms with van der Waals surface area (Å²) in [4.78, 5) is 12.1. The first-order chi connectivity index (χ1) is 12.2. The molecule has 2 aromatic rings. The number of halogens is 1. The molecule has 0 unspecified atom stereocenters. The van der Waals surface area contributed by atoms with Crippen molar-refractivity contribution in [2.45, 2.75) is 26.7 Å². The van der Waals surface area contributed by atoms with Crippen LogP contribution in [0.5, 0.6) is 0 Å². The number of benzene rings is 2. The van der Waals surface area contributed by atoms with Crippen LogP contribution in [0.25, 0.3) is 0 Å². The molecule has 0 bridgehead atoms. The standard InChI is InChI=1S/C19H23BrN2O3S/c1-14-7-4-10-18(15(14)2)22(26(3,24)25)12-6-11-19(23)21-17-9-5-8-16(20)13-17/h4-5,7-10,13H,6,11-12H2,1-3H3,(H,21,23). The van der Waals surface area contributed by atoms with Crippen molar-refractivity contribution in [3.05, 3.63) is 58.1 Å². The second kappa shape index (κ2) is 8.68. The van der Waals surface area contributed by atoms with Gasteiger partial charge in [0, 0.05) is 23.1 Å². The Hall–Kier alpha value is -1.86. The molecule has 7 heteroatoms. The van der Waals surface area contributed by atoms with E-state index in [1.165, 1.54) is 10.6 Å². The van der Waals surface area contributed by atoms with Gasteiger partial charge in [0.15, 0.2) is 0 Å². The number of nitrogens with one attached hydrogen (secondary N) is 1. The predicted octanol–water partition coefficient (Wildman–Crippen LogP) is 4.25. The molecule has 0 atom stereocenters. The molecule has 0 radical (unpaired) electrons. The van der Waals surface area contributed by atoms with Gasteiger partial charge in [-0.05, 0) is 55.7 Å². The number of anilines is 2. The van der Waals surface area contributed by atoms with Crippen LogP contribution in [-0.4, -0.2) is 27.1 Å². The zero-order chi connectivity index (χ0) is 19.3. The molecular weight excluding hydrogens is 416 g/mol. The van der Waals surface area contributed by atoms with E-state index in [4.69, 9.17) is 0 Å². The van der Waals surface area contributed by atoms with Gasteiger partial charge >= 0.3 is 0 Å². The Kier molecular flexibility index (Phi) is 6.83. The summed E-state index contributed by atoms with van der Waals surface area (Å²) >= 11 is 3.36. The lowest BCUT2D eigenvalue weighted by molar-refractivity contribution is -0.116. The van der Waals surface area contributed by atoms with Crippen LogP contribution in [0.15, 0.2) is 46.9 Å². The summed E-state index contributed by atoms with van der Waals surface area (Å²) in [5.74, 6) is -0.141. The maximum atomic E-state index is 12.2. The normalized spacial score (nSPS) is 11.2. The lowest BCUT2D eigenvalue weighted by Gasteiger charge is -2.24. The molecule has 0 aliphatic carbocycles. The van der Waals surface area contributed by atoms with Gasteiger partial charge in [-0.2, -0.15) is 0 Å². The molecule has 1 N–H and O–H groups in total. The van der Waals surface area contributed by atoms with Gasteiger partial charge in [-0.25, -0.2) is 8.42 Å². The summed E-state index contributed by atoms with van der Waals surface area (Å²) < 4.78 is 26.7. The smallest absolute Gasteiger partial charge is 0.232 e. The van der Waals surface area contributed by atoms with E-state index in [-0.39, 0.29) is 18.9 Å². The largest absolute Gasteiger partial charge is 0.326 e. The summed E-state index contributed by atoms with van der Waals surface area (Å²) in [6.07, 6.45) is 1.86. The molecule has 0 spiro atoms. The zero-order valence-electron chi connectivity index (χ0n) is 15.1. The Morgan fingerprint density at radius 2 is 1.85 bits per heavy atom. The topological polar surface area (TPSA) is 66.5 Å². The van der Waals surface area contributed by atoms with Crippen LogP contribution in [0.3, 0.4) is 0 Å². The van der Waals surface area contributed by atoms with Gasteiger partial charge in [0.05, 0.1) is 11.9 Å². The second-order valence-electron chi connectivity index (χ2n) is 6.22. The molecule has 0 heterocycles. The number of nitrogens with zero attached hydrogens (tertiary/aromatic N) is 1. The highest BCUT2D eigenvalue weighted by molar-refractivity contribution is 9.10. The molecule has 0 aliphatic rings. The molecule has 0 aliphatic heterocycles. The van der Waals surface area contributed by atoms with Crippen molar-refractivity contribution in [1.29, 1.82) is 0 Å². The van der Waals surface area contributed by atoms with E-state index in [9.17, 15) is 13.2 Å². The molecule has 1 amide bonds. The summed E-state index contributed by atoms with van der Waals surface area (Å²) in [7, 11) is -3.42. The van der Waals surface area contributed by atoms with Gasteiger partial charge in [-0.3, -0.25) is 9.10 Å². The minimum absolute atomic E-state index is 0.141. The van der Waals surface area contributed by atoms with E-state index >= 15 is 0 Å². The fraction of sp³-hybridized carbons (Fsp3) is 0.316. The van der Waals surface area contributed by atoms with Crippen LogP contribution >= 0.6 is 15.9 Å².